The van der Waals surface area contributed by atoms with Crippen molar-refractivity contribution in [2.75, 3.05) is 0 Å². The van der Waals surface area contributed by atoms with Crippen LogP contribution in [0.1, 0.15) is 74.1 Å². The minimum absolute atomic E-state index is 0.190. The van der Waals surface area contributed by atoms with Crippen LogP contribution in [-0.4, -0.2) is 5.60 Å². The van der Waals surface area contributed by atoms with Crippen molar-refractivity contribution in [1.29, 1.82) is 0 Å². The van der Waals surface area contributed by atoms with Gasteiger partial charge in [0.2, 0.25) is 0 Å². The van der Waals surface area contributed by atoms with Crippen molar-refractivity contribution in [3.8, 4) is 0 Å². The number of hydrogen-bond acceptors (Lipinski definition) is 1. The van der Waals surface area contributed by atoms with E-state index in [2.05, 4.69) is 48.5 Å². The van der Waals surface area contributed by atoms with Crippen molar-refractivity contribution in [2.45, 2.75) is 79.8 Å². The summed E-state index contributed by atoms with van der Waals surface area (Å²) in [4.78, 5) is 0. The molecule has 1 unspecified atom stereocenters. The predicted molar refractivity (Wildman–Crippen MR) is 81.9 cm³/mol. The van der Waals surface area contributed by atoms with Gasteiger partial charge in [-0.1, -0.05) is 45.3 Å². The molecule has 108 valence electrons. The lowest BCUT2D eigenvalue weighted by molar-refractivity contribution is 0.0397. The number of unbranched alkanes of at least 4 members (excludes halogenated alkanes) is 1. The summed E-state index contributed by atoms with van der Waals surface area (Å²) >= 11 is 5.64. The predicted octanol–water partition coefficient (Wildman–Crippen LogP) is 6.12. The summed E-state index contributed by atoms with van der Waals surface area (Å²) < 4.78 is 5.16. The maximum atomic E-state index is 5.64. The summed E-state index contributed by atoms with van der Waals surface area (Å²) in [6, 6.07) is 0. The smallest absolute Gasteiger partial charge is 0.0892 e. The SMILES string of the molecule is CC(C)=C(CCCCC(C)(OCl)C(C)C)C(C)C. The van der Waals surface area contributed by atoms with Gasteiger partial charge in [0.25, 0.3) is 0 Å². The Hall–Kier alpha value is -0.0100. The van der Waals surface area contributed by atoms with Crippen molar-refractivity contribution in [3.63, 3.8) is 0 Å². The Kier molecular flexibility index (Phi) is 8.21. The van der Waals surface area contributed by atoms with Crippen LogP contribution in [0.25, 0.3) is 0 Å². The molecule has 0 spiro atoms. The first-order chi connectivity index (χ1) is 8.24. The highest BCUT2D eigenvalue weighted by Gasteiger charge is 2.28. The summed E-state index contributed by atoms with van der Waals surface area (Å²) in [7, 11) is 0. The molecule has 0 N–H and O–H groups in total. The fraction of sp³-hybridized carbons (Fsp3) is 0.875. The van der Waals surface area contributed by atoms with E-state index in [0.717, 1.165) is 6.42 Å². The lowest BCUT2D eigenvalue weighted by atomic mass is 9.86. The van der Waals surface area contributed by atoms with Crippen molar-refractivity contribution >= 4 is 11.9 Å². The molecule has 0 aromatic carbocycles. The van der Waals surface area contributed by atoms with E-state index in [-0.39, 0.29) is 5.60 Å². The molecule has 0 amide bonds. The monoisotopic (exact) mass is 274 g/mol. The number of rotatable bonds is 8. The van der Waals surface area contributed by atoms with Crippen LogP contribution in [0.15, 0.2) is 11.1 Å². The second-order valence-electron chi connectivity index (χ2n) is 6.43. The van der Waals surface area contributed by atoms with Crippen molar-refractivity contribution < 1.29 is 4.29 Å². The topological polar surface area (TPSA) is 9.23 Å². The van der Waals surface area contributed by atoms with Gasteiger partial charge in [-0.3, -0.25) is 4.29 Å². The van der Waals surface area contributed by atoms with E-state index in [1.807, 2.05) is 0 Å². The third-order valence-electron chi connectivity index (χ3n) is 4.11. The molecule has 0 heterocycles. The summed E-state index contributed by atoms with van der Waals surface area (Å²) in [6.45, 7) is 15.4. The fourth-order valence-corrected chi connectivity index (χ4v) is 2.58. The Morgan fingerprint density at radius 2 is 1.67 bits per heavy atom. The lowest BCUT2D eigenvalue weighted by Gasteiger charge is -2.30. The van der Waals surface area contributed by atoms with E-state index in [1.165, 1.54) is 24.8 Å². The van der Waals surface area contributed by atoms with E-state index in [4.69, 9.17) is 16.2 Å². The molecule has 18 heavy (non-hydrogen) atoms. The zero-order valence-corrected chi connectivity index (χ0v) is 14.0. The molecule has 0 aromatic heterocycles. The van der Waals surface area contributed by atoms with Gasteiger partial charge in [0.15, 0.2) is 0 Å². The molecule has 0 aliphatic carbocycles. The molecular weight excluding hydrogens is 244 g/mol. The molecule has 1 atom stereocenters. The minimum Gasteiger partial charge on any atom is -0.273 e. The standard InChI is InChI=1S/C16H31ClO/c1-12(2)15(13(3)4)10-8-9-11-16(7,18-17)14(5)6/h12,14H,8-11H2,1-7H3. The molecule has 0 saturated carbocycles. The van der Waals surface area contributed by atoms with E-state index in [0.29, 0.717) is 11.8 Å². The van der Waals surface area contributed by atoms with E-state index in [9.17, 15) is 0 Å². The maximum Gasteiger partial charge on any atom is 0.0892 e. The van der Waals surface area contributed by atoms with Crippen LogP contribution in [0.3, 0.4) is 0 Å². The van der Waals surface area contributed by atoms with Crippen molar-refractivity contribution in [3.05, 3.63) is 11.1 Å². The van der Waals surface area contributed by atoms with Gasteiger partial charge in [0.1, 0.15) is 0 Å². The highest BCUT2D eigenvalue weighted by atomic mass is 35.5. The first-order valence-electron chi connectivity index (χ1n) is 7.20. The minimum atomic E-state index is -0.190. The van der Waals surface area contributed by atoms with Crippen LogP contribution < -0.4 is 0 Å². The molecule has 2 heteroatoms. The number of hydrogen-bond donors (Lipinski definition) is 0. The summed E-state index contributed by atoms with van der Waals surface area (Å²) in [5.41, 5.74) is 2.89. The second-order valence-corrected chi connectivity index (χ2v) is 6.59. The quantitative estimate of drug-likeness (QED) is 0.382. The molecule has 0 radical (unpaired) electrons. The van der Waals surface area contributed by atoms with Gasteiger partial charge < -0.3 is 0 Å². The largest absolute Gasteiger partial charge is 0.273 e. The molecule has 0 fully saturated rings. The molecule has 0 aliphatic rings. The van der Waals surface area contributed by atoms with Gasteiger partial charge in [0, 0.05) is 0 Å². The Bertz CT molecular complexity index is 264. The van der Waals surface area contributed by atoms with Crippen LogP contribution in [-0.2, 0) is 4.29 Å². The van der Waals surface area contributed by atoms with Gasteiger partial charge in [-0.15, -0.1) is 0 Å². The highest BCUT2D eigenvalue weighted by molar-refractivity contribution is 6.07. The van der Waals surface area contributed by atoms with E-state index in [1.54, 1.807) is 5.57 Å². The third kappa shape index (κ3) is 5.75. The molecule has 0 bridgehead atoms. The van der Waals surface area contributed by atoms with Crippen LogP contribution in [0, 0.1) is 11.8 Å². The van der Waals surface area contributed by atoms with Gasteiger partial charge in [0.05, 0.1) is 17.5 Å². The highest BCUT2D eigenvalue weighted by Crippen LogP contribution is 2.30. The van der Waals surface area contributed by atoms with E-state index < -0.39 is 0 Å². The summed E-state index contributed by atoms with van der Waals surface area (Å²) in [6.07, 6.45) is 4.63. The second kappa shape index (κ2) is 8.22. The fourth-order valence-electron chi connectivity index (χ4n) is 2.32. The number of allylic oxidation sites excluding steroid dienone is 2. The Morgan fingerprint density at radius 3 is 2.00 bits per heavy atom. The molecule has 1 nitrogen and oxygen atoms in total. The molecule has 0 aliphatic heterocycles. The average Bonchev–Trinajstić information content (AvgIpc) is 2.26. The third-order valence-corrected chi connectivity index (χ3v) is 4.46. The van der Waals surface area contributed by atoms with Gasteiger partial charge in [-0.2, -0.15) is 0 Å². The van der Waals surface area contributed by atoms with Crippen LogP contribution in [0.2, 0.25) is 0 Å². The maximum absolute atomic E-state index is 5.64. The van der Waals surface area contributed by atoms with Gasteiger partial charge in [-0.25, -0.2) is 0 Å². The number of halogens is 1. The van der Waals surface area contributed by atoms with Crippen LogP contribution in [0.4, 0.5) is 0 Å². The normalized spacial score (nSPS) is 15.0. The molecule has 0 rings (SSSR count). The zero-order valence-electron chi connectivity index (χ0n) is 13.3. The van der Waals surface area contributed by atoms with Crippen LogP contribution >= 0.6 is 11.9 Å². The average molecular weight is 275 g/mol. The Balaban J connectivity index is 4.18. The first kappa shape index (κ1) is 18.0. The van der Waals surface area contributed by atoms with Gasteiger partial charge in [-0.05, 0) is 51.9 Å². The van der Waals surface area contributed by atoms with Crippen molar-refractivity contribution in [1.82, 2.24) is 0 Å². The Labute approximate surface area is 119 Å². The van der Waals surface area contributed by atoms with E-state index >= 15 is 0 Å². The first-order valence-corrected chi connectivity index (χ1v) is 7.51. The summed E-state index contributed by atoms with van der Waals surface area (Å²) in [5.74, 6) is 1.11. The molecular formula is C16H31ClO. The molecule has 0 aromatic rings. The molecule has 0 saturated heterocycles. The zero-order chi connectivity index (χ0) is 14.3. The summed E-state index contributed by atoms with van der Waals surface area (Å²) in [5, 5.41) is 0. The Morgan fingerprint density at radius 1 is 1.11 bits per heavy atom. The van der Waals surface area contributed by atoms with Gasteiger partial charge >= 0.3 is 0 Å². The van der Waals surface area contributed by atoms with Crippen LogP contribution in [0.5, 0.6) is 0 Å². The van der Waals surface area contributed by atoms with Crippen molar-refractivity contribution in [2.24, 2.45) is 11.8 Å². The lowest BCUT2D eigenvalue weighted by Crippen LogP contribution is -2.31.